The molecule has 1 aromatic heterocycles. The summed E-state index contributed by atoms with van der Waals surface area (Å²) < 4.78 is 56.1. The topological polar surface area (TPSA) is 88.8 Å². The number of esters is 1. The van der Waals surface area contributed by atoms with Crippen LogP contribution in [0.3, 0.4) is 0 Å². The number of aromatic nitrogens is 2. The van der Waals surface area contributed by atoms with E-state index in [2.05, 4.69) is 4.74 Å². The summed E-state index contributed by atoms with van der Waals surface area (Å²) >= 11 is 0. The molecular weight excluding hydrogens is 457 g/mol. The van der Waals surface area contributed by atoms with Crippen molar-refractivity contribution in [2.24, 2.45) is 7.05 Å². The van der Waals surface area contributed by atoms with Crippen molar-refractivity contribution in [3.63, 3.8) is 0 Å². The summed E-state index contributed by atoms with van der Waals surface area (Å²) in [6.45, 7) is 1.63. The van der Waals surface area contributed by atoms with Crippen LogP contribution in [0.1, 0.15) is 18.2 Å². The molecule has 34 heavy (non-hydrogen) atoms. The van der Waals surface area contributed by atoms with E-state index in [0.717, 1.165) is 7.05 Å². The molecule has 0 unspecified atom stereocenters. The molecule has 1 heterocycles. The smallest absolute Gasteiger partial charge is 0.431 e. The van der Waals surface area contributed by atoms with E-state index in [4.69, 9.17) is 9.47 Å². The largest absolute Gasteiger partial charge is 0.489 e. The summed E-state index contributed by atoms with van der Waals surface area (Å²) in [5.41, 5.74) is -2.83. The highest BCUT2D eigenvalue weighted by molar-refractivity contribution is 5.74. The fourth-order valence-corrected chi connectivity index (χ4v) is 3.13. The number of carbonyl (C=O) groups is 1. The molecule has 0 aliphatic carbocycles. The van der Waals surface area contributed by atoms with Gasteiger partial charge in [-0.2, -0.15) is 13.2 Å². The van der Waals surface area contributed by atoms with Crippen molar-refractivity contribution in [3.05, 3.63) is 86.7 Å². The molecule has 0 aliphatic heterocycles. The SMILES string of the molecule is COC(=O)[C@@H](C)Oc1ccccc1COc1ccc(-n2c(=O)cc(C(F)(F)F)n(C)c2=O)cc1. The molecule has 0 saturated heterocycles. The number of carbonyl (C=O) groups excluding carboxylic acids is 1. The molecule has 0 fully saturated rings. The molecule has 11 heteroatoms. The number of nitrogens with zero attached hydrogens (tertiary/aromatic N) is 2. The molecule has 3 rings (SSSR count). The van der Waals surface area contributed by atoms with Crippen LogP contribution in [-0.4, -0.2) is 28.3 Å². The zero-order valence-corrected chi connectivity index (χ0v) is 18.5. The molecule has 0 aliphatic rings. The standard InChI is InChI=1S/C23H21F3N2O6/c1-14(21(30)32-3)34-18-7-5-4-6-15(18)13-33-17-10-8-16(9-11-17)28-20(29)12-19(23(24,25)26)27(2)22(28)31/h4-12,14H,13H2,1-3H3/t14-/m1/s1. The van der Waals surface area contributed by atoms with Gasteiger partial charge in [-0.1, -0.05) is 18.2 Å². The van der Waals surface area contributed by atoms with Crippen LogP contribution in [0.2, 0.25) is 0 Å². The highest BCUT2D eigenvalue weighted by Gasteiger charge is 2.35. The van der Waals surface area contributed by atoms with Crippen molar-refractivity contribution in [2.75, 3.05) is 7.11 Å². The molecule has 0 N–H and O–H groups in total. The number of alkyl halides is 3. The number of halogens is 3. The summed E-state index contributed by atoms with van der Waals surface area (Å²) in [6, 6.07) is 13.0. The lowest BCUT2D eigenvalue weighted by molar-refractivity contribution is -0.148. The number of para-hydroxylation sites is 1. The van der Waals surface area contributed by atoms with E-state index in [9.17, 15) is 27.6 Å². The molecule has 0 spiro atoms. The molecule has 8 nitrogen and oxygen atoms in total. The van der Waals surface area contributed by atoms with Crippen molar-refractivity contribution in [1.29, 1.82) is 0 Å². The summed E-state index contributed by atoms with van der Waals surface area (Å²) in [4.78, 5) is 36.2. The van der Waals surface area contributed by atoms with Crippen LogP contribution in [0.5, 0.6) is 11.5 Å². The maximum atomic E-state index is 13.0. The van der Waals surface area contributed by atoms with E-state index in [1.807, 2.05) is 0 Å². The Morgan fingerprint density at radius 2 is 1.71 bits per heavy atom. The molecule has 180 valence electrons. The highest BCUT2D eigenvalue weighted by atomic mass is 19.4. The Kier molecular flexibility index (Phi) is 7.14. The van der Waals surface area contributed by atoms with Crippen molar-refractivity contribution in [2.45, 2.75) is 25.8 Å². The van der Waals surface area contributed by atoms with Crippen LogP contribution in [-0.2, 0) is 29.4 Å². The highest BCUT2D eigenvalue weighted by Crippen LogP contribution is 2.27. The van der Waals surface area contributed by atoms with Gasteiger partial charge >= 0.3 is 17.8 Å². The van der Waals surface area contributed by atoms with Crippen LogP contribution < -0.4 is 20.7 Å². The Morgan fingerprint density at radius 3 is 2.32 bits per heavy atom. The zero-order valence-electron chi connectivity index (χ0n) is 18.5. The maximum absolute atomic E-state index is 13.0. The van der Waals surface area contributed by atoms with Gasteiger partial charge in [0.15, 0.2) is 6.10 Å². The first kappa shape index (κ1) is 24.6. The Labute approximate surface area is 191 Å². The van der Waals surface area contributed by atoms with E-state index in [1.54, 1.807) is 31.2 Å². The lowest BCUT2D eigenvalue weighted by atomic mass is 10.2. The number of rotatable bonds is 7. The number of benzene rings is 2. The Bertz CT molecular complexity index is 1300. The molecule has 0 bridgehead atoms. The zero-order chi connectivity index (χ0) is 25.0. The van der Waals surface area contributed by atoms with Crippen LogP contribution in [0, 0.1) is 0 Å². The van der Waals surface area contributed by atoms with E-state index < -0.39 is 35.2 Å². The summed E-state index contributed by atoms with van der Waals surface area (Å²) in [7, 11) is 2.20. The molecule has 1 atom stereocenters. The number of hydrogen-bond donors (Lipinski definition) is 0. The van der Waals surface area contributed by atoms with Crippen molar-refractivity contribution in [3.8, 4) is 17.2 Å². The minimum atomic E-state index is -4.83. The first-order valence-corrected chi connectivity index (χ1v) is 9.99. The fourth-order valence-electron chi connectivity index (χ4n) is 3.13. The van der Waals surface area contributed by atoms with Gasteiger partial charge in [-0.25, -0.2) is 14.2 Å². The lowest BCUT2D eigenvalue weighted by Crippen LogP contribution is -2.40. The second kappa shape index (κ2) is 9.86. The Hall–Kier alpha value is -4.02. The second-order valence-corrected chi connectivity index (χ2v) is 7.22. The monoisotopic (exact) mass is 478 g/mol. The average molecular weight is 478 g/mol. The summed E-state index contributed by atoms with van der Waals surface area (Å²) in [5, 5.41) is 0. The normalized spacial score (nSPS) is 12.2. The van der Waals surface area contributed by atoms with Crippen LogP contribution in [0.25, 0.3) is 5.69 Å². The first-order valence-electron chi connectivity index (χ1n) is 9.99. The second-order valence-electron chi connectivity index (χ2n) is 7.22. The average Bonchev–Trinajstić information content (AvgIpc) is 2.80. The number of hydrogen-bond acceptors (Lipinski definition) is 6. The third-order valence-corrected chi connectivity index (χ3v) is 4.91. The number of methoxy groups -OCH3 is 1. The lowest BCUT2D eigenvalue weighted by Gasteiger charge is -2.16. The van der Waals surface area contributed by atoms with E-state index in [1.165, 1.54) is 31.4 Å². The predicted molar refractivity (Wildman–Crippen MR) is 115 cm³/mol. The van der Waals surface area contributed by atoms with E-state index in [-0.39, 0.29) is 12.3 Å². The first-order chi connectivity index (χ1) is 16.0. The molecule has 2 aromatic carbocycles. The minimum Gasteiger partial charge on any atom is -0.489 e. The summed E-state index contributed by atoms with van der Waals surface area (Å²) in [5.74, 6) is 0.268. The van der Waals surface area contributed by atoms with Crippen LogP contribution in [0.4, 0.5) is 13.2 Å². The molecule has 0 radical (unpaired) electrons. The molecular formula is C23H21F3N2O6. The van der Waals surface area contributed by atoms with Gasteiger partial charge in [0.2, 0.25) is 0 Å². The van der Waals surface area contributed by atoms with Gasteiger partial charge in [0.25, 0.3) is 5.56 Å². The van der Waals surface area contributed by atoms with Gasteiger partial charge in [0.05, 0.1) is 12.8 Å². The maximum Gasteiger partial charge on any atom is 0.431 e. The van der Waals surface area contributed by atoms with Crippen molar-refractivity contribution < 1.29 is 32.2 Å². The van der Waals surface area contributed by atoms with Gasteiger partial charge in [-0.05, 0) is 37.3 Å². The van der Waals surface area contributed by atoms with Crippen LogP contribution >= 0.6 is 0 Å². The predicted octanol–water partition coefficient (Wildman–Crippen LogP) is 3.07. The van der Waals surface area contributed by atoms with E-state index >= 15 is 0 Å². The number of ether oxygens (including phenoxy) is 3. The van der Waals surface area contributed by atoms with Crippen molar-refractivity contribution >= 4 is 5.97 Å². The minimum absolute atomic E-state index is 0.0748. The van der Waals surface area contributed by atoms with Crippen molar-refractivity contribution in [1.82, 2.24) is 9.13 Å². The Morgan fingerprint density at radius 1 is 1.06 bits per heavy atom. The van der Waals surface area contributed by atoms with Gasteiger partial charge in [-0.3, -0.25) is 9.36 Å². The molecule has 0 saturated carbocycles. The van der Waals surface area contributed by atoms with Gasteiger partial charge in [0.1, 0.15) is 23.8 Å². The molecule has 3 aromatic rings. The van der Waals surface area contributed by atoms with Crippen LogP contribution in [0.15, 0.2) is 64.2 Å². The molecule has 0 amide bonds. The Balaban J connectivity index is 1.79. The fraction of sp³-hybridized carbons (Fsp3) is 0.261. The third kappa shape index (κ3) is 5.30. The summed E-state index contributed by atoms with van der Waals surface area (Å²) in [6.07, 6.45) is -5.66. The van der Waals surface area contributed by atoms with Gasteiger partial charge < -0.3 is 14.2 Å². The quantitative estimate of drug-likeness (QED) is 0.485. The van der Waals surface area contributed by atoms with E-state index in [0.29, 0.717) is 32.3 Å². The van der Waals surface area contributed by atoms with Gasteiger partial charge in [0, 0.05) is 18.7 Å². The van der Waals surface area contributed by atoms with Gasteiger partial charge in [-0.15, -0.1) is 0 Å². The third-order valence-electron chi connectivity index (χ3n) is 4.91.